The lowest BCUT2D eigenvalue weighted by Gasteiger charge is -2.27. The summed E-state index contributed by atoms with van der Waals surface area (Å²) in [7, 11) is 1.97. The zero-order chi connectivity index (χ0) is 19.0. The van der Waals surface area contributed by atoms with E-state index in [9.17, 15) is 0 Å². The highest BCUT2D eigenvalue weighted by Gasteiger charge is 2.20. The van der Waals surface area contributed by atoms with E-state index in [1.807, 2.05) is 18.5 Å². The molecule has 6 nitrogen and oxygen atoms in total. The number of aromatic nitrogens is 3. The third-order valence-corrected chi connectivity index (χ3v) is 4.64. The first-order valence-electron chi connectivity index (χ1n) is 9.36. The second-order valence-electron chi connectivity index (χ2n) is 7.27. The van der Waals surface area contributed by atoms with Crippen molar-refractivity contribution in [2.45, 2.75) is 52.5 Å². The summed E-state index contributed by atoms with van der Waals surface area (Å²) >= 11 is 0. The largest absolute Gasteiger partial charge is 0.356 e. The van der Waals surface area contributed by atoms with Crippen molar-refractivity contribution in [3.05, 3.63) is 47.5 Å². The maximum Gasteiger partial charge on any atom is 0.191 e. The molecule has 2 rings (SSSR count). The number of rotatable bonds is 8. The first-order valence-corrected chi connectivity index (χ1v) is 9.36. The molecule has 26 heavy (non-hydrogen) atoms. The average molecular weight is 357 g/mol. The number of aliphatic imine (C=N–C) groups is 1. The molecule has 0 saturated heterocycles. The van der Waals surface area contributed by atoms with Crippen molar-refractivity contribution in [2.75, 3.05) is 13.1 Å². The number of unbranched alkanes of at least 4 members (excludes halogenated alkanes) is 1. The van der Waals surface area contributed by atoms with E-state index in [1.165, 1.54) is 5.56 Å². The summed E-state index contributed by atoms with van der Waals surface area (Å²) in [6.07, 6.45) is 2.27. The summed E-state index contributed by atoms with van der Waals surface area (Å²) in [5, 5.41) is 15.2. The van der Waals surface area contributed by atoms with Crippen LogP contribution in [0.4, 0.5) is 0 Å². The summed E-state index contributed by atoms with van der Waals surface area (Å²) in [4.78, 5) is 4.71. The van der Waals surface area contributed by atoms with Crippen LogP contribution in [0.3, 0.4) is 0 Å². The number of aryl methyl sites for hydroxylation is 1. The molecular weight excluding hydrogens is 324 g/mol. The molecule has 1 aromatic carbocycles. The number of hydrogen-bond donors (Lipinski definition) is 2. The van der Waals surface area contributed by atoms with Crippen molar-refractivity contribution in [1.29, 1.82) is 0 Å². The van der Waals surface area contributed by atoms with E-state index in [-0.39, 0.29) is 5.41 Å². The predicted molar refractivity (Wildman–Crippen MR) is 107 cm³/mol. The first-order chi connectivity index (χ1) is 12.4. The quantitative estimate of drug-likeness (QED) is 0.433. The van der Waals surface area contributed by atoms with Crippen LogP contribution in [0.25, 0.3) is 0 Å². The normalized spacial score (nSPS) is 12.3. The molecule has 6 heteroatoms. The Morgan fingerprint density at radius 2 is 1.88 bits per heavy atom. The van der Waals surface area contributed by atoms with E-state index in [0.29, 0.717) is 6.54 Å². The highest BCUT2D eigenvalue weighted by molar-refractivity contribution is 5.79. The lowest BCUT2D eigenvalue weighted by atomic mass is 9.85. The summed E-state index contributed by atoms with van der Waals surface area (Å²) in [6.45, 7) is 10.8. The average Bonchev–Trinajstić information content (AvgIpc) is 2.96. The lowest BCUT2D eigenvalue weighted by molar-refractivity contribution is 0.507. The van der Waals surface area contributed by atoms with Crippen LogP contribution in [0.2, 0.25) is 0 Å². The van der Waals surface area contributed by atoms with Crippen LogP contribution in [0.5, 0.6) is 0 Å². The molecule has 0 bridgehead atoms. The Bertz CT molecular complexity index is 702. The van der Waals surface area contributed by atoms with Gasteiger partial charge in [-0.3, -0.25) is 0 Å². The minimum atomic E-state index is 0.00976. The van der Waals surface area contributed by atoms with Crippen LogP contribution < -0.4 is 10.6 Å². The number of nitrogens with one attached hydrogen (secondary N) is 2. The molecule has 0 unspecified atom stereocenters. The van der Waals surface area contributed by atoms with Gasteiger partial charge < -0.3 is 15.2 Å². The number of guanidine groups is 1. The van der Waals surface area contributed by atoms with Gasteiger partial charge in [0.25, 0.3) is 0 Å². The van der Waals surface area contributed by atoms with E-state index in [2.05, 4.69) is 71.9 Å². The lowest BCUT2D eigenvalue weighted by Crippen LogP contribution is -2.43. The molecule has 2 N–H and O–H groups in total. The van der Waals surface area contributed by atoms with Crippen LogP contribution in [0.15, 0.2) is 35.3 Å². The molecule has 0 aliphatic carbocycles. The zero-order valence-electron chi connectivity index (χ0n) is 16.7. The minimum absolute atomic E-state index is 0.00976. The molecule has 0 atom stereocenters. The van der Waals surface area contributed by atoms with Gasteiger partial charge in [0.05, 0.1) is 0 Å². The number of hydrogen-bond acceptors (Lipinski definition) is 3. The number of benzene rings is 1. The van der Waals surface area contributed by atoms with E-state index >= 15 is 0 Å². The Morgan fingerprint density at radius 1 is 1.15 bits per heavy atom. The van der Waals surface area contributed by atoms with Gasteiger partial charge >= 0.3 is 0 Å². The molecule has 0 aliphatic rings. The molecule has 0 saturated carbocycles. The van der Waals surface area contributed by atoms with Crippen molar-refractivity contribution in [3.63, 3.8) is 0 Å². The fraction of sp³-hybridized carbons (Fsp3) is 0.550. The fourth-order valence-corrected chi connectivity index (χ4v) is 2.59. The standard InChI is InChI=1S/C20H32N6/c1-6-7-13-21-19(22-14-18-25-24-16(2)26(18)5)23-15-20(3,4)17-11-9-8-10-12-17/h8-12H,6-7,13-15H2,1-5H3,(H2,21,22,23). The van der Waals surface area contributed by atoms with E-state index in [4.69, 9.17) is 4.99 Å². The second kappa shape index (κ2) is 9.36. The van der Waals surface area contributed by atoms with Crippen LogP contribution >= 0.6 is 0 Å². The minimum Gasteiger partial charge on any atom is -0.356 e. The van der Waals surface area contributed by atoms with Crippen LogP contribution in [-0.4, -0.2) is 33.8 Å². The van der Waals surface area contributed by atoms with Gasteiger partial charge in [0.1, 0.15) is 12.4 Å². The molecule has 1 heterocycles. The van der Waals surface area contributed by atoms with Crippen molar-refractivity contribution in [2.24, 2.45) is 12.0 Å². The van der Waals surface area contributed by atoms with Crippen molar-refractivity contribution >= 4 is 5.96 Å². The van der Waals surface area contributed by atoms with Crippen LogP contribution in [0.1, 0.15) is 50.8 Å². The Morgan fingerprint density at radius 3 is 2.50 bits per heavy atom. The molecule has 0 radical (unpaired) electrons. The van der Waals surface area contributed by atoms with E-state index in [0.717, 1.165) is 43.5 Å². The van der Waals surface area contributed by atoms with Gasteiger partial charge in [0.15, 0.2) is 11.8 Å². The van der Waals surface area contributed by atoms with Crippen molar-refractivity contribution < 1.29 is 0 Å². The second-order valence-corrected chi connectivity index (χ2v) is 7.27. The zero-order valence-corrected chi connectivity index (χ0v) is 16.7. The van der Waals surface area contributed by atoms with Crippen molar-refractivity contribution in [3.8, 4) is 0 Å². The molecule has 0 spiro atoms. The van der Waals surface area contributed by atoms with Crippen LogP contribution in [-0.2, 0) is 19.0 Å². The van der Waals surface area contributed by atoms with Crippen molar-refractivity contribution in [1.82, 2.24) is 25.4 Å². The summed E-state index contributed by atoms with van der Waals surface area (Å²) in [5.41, 5.74) is 1.32. The molecule has 0 aliphatic heterocycles. The molecule has 0 amide bonds. The van der Waals surface area contributed by atoms with Gasteiger partial charge in [-0.1, -0.05) is 57.5 Å². The van der Waals surface area contributed by atoms with Crippen LogP contribution in [0, 0.1) is 6.92 Å². The third-order valence-electron chi connectivity index (χ3n) is 4.64. The van der Waals surface area contributed by atoms with Gasteiger partial charge in [0, 0.05) is 25.6 Å². The highest BCUT2D eigenvalue weighted by Crippen LogP contribution is 2.21. The number of nitrogens with zero attached hydrogens (tertiary/aromatic N) is 4. The molecule has 142 valence electrons. The van der Waals surface area contributed by atoms with Gasteiger partial charge in [-0.15, -0.1) is 10.2 Å². The Kier molecular flexibility index (Phi) is 7.18. The fourth-order valence-electron chi connectivity index (χ4n) is 2.59. The Balaban J connectivity index is 2.04. The first kappa shape index (κ1) is 19.9. The van der Waals surface area contributed by atoms with Gasteiger partial charge in [-0.25, -0.2) is 4.99 Å². The highest BCUT2D eigenvalue weighted by atomic mass is 15.3. The third kappa shape index (κ3) is 5.58. The molecule has 2 aromatic rings. The Labute approximate surface area is 157 Å². The maximum atomic E-state index is 4.71. The van der Waals surface area contributed by atoms with E-state index in [1.54, 1.807) is 0 Å². The van der Waals surface area contributed by atoms with Gasteiger partial charge in [-0.2, -0.15) is 0 Å². The summed E-state index contributed by atoms with van der Waals surface area (Å²) in [5.74, 6) is 2.58. The monoisotopic (exact) mass is 356 g/mol. The van der Waals surface area contributed by atoms with Gasteiger partial charge in [0.2, 0.25) is 0 Å². The maximum absolute atomic E-state index is 4.71. The SMILES string of the molecule is CCCCNC(=NCc1nnc(C)n1C)NCC(C)(C)c1ccccc1. The summed E-state index contributed by atoms with van der Waals surface area (Å²) in [6, 6.07) is 10.6. The Hall–Kier alpha value is -2.37. The molecule has 0 fully saturated rings. The molecule has 1 aromatic heterocycles. The van der Waals surface area contributed by atoms with E-state index < -0.39 is 0 Å². The molecular formula is C20H32N6. The summed E-state index contributed by atoms with van der Waals surface area (Å²) < 4.78 is 1.97. The smallest absolute Gasteiger partial charge is 0.191 e. The predicted octanol–water partition coefficient (Wildman–Crippen LogP) is 2.94. The van der Waals surface area contributed by atoms with Gasteiger partial charge in [-0.05, 0) is 18.9 Å². The topological polar surface area (TPSA) is 67.1 Å².